The lowest BCUT2D eigenvalue weighted by molar-refractivity contribution is 0.266. The predicted octanol–water partition coefficient (Wildman–Crippen LogP) is 6.00. The molecule has 0 bridgehead atoms. The van der Waals surface area contributed by atoms with Crippen LogP contribution in [-0.4, -0.2) is 6.04 Å². The molecule has 1 aliphatic rings. The molecule has 1 unspecified atom stereocenters. The largest absolute Gasteiger partial charge is 0.307 e. The van der Waals surface area contributed by atoms with Gasteiger partial charge in [0, 0.05) is 22.1 Å². The molecule has 1 N–H and O–H groups in total. The molecule has 2 rings (SSSR count). The SMILES string of the molecule is CCCC1CCC(NC(C)c2ccc(Cl)cc2Cl)CC1. The molecular weight excluding hydrogens is 289 g/mol. The molecule has 0 saturated heterocycles. The van der Waals surface area contributed by atoms with E-state index in [-0.39, 0.29) is 6.04 Å². The van der Waals surface area contributed by atoms with Crippen molar-refractivity contribution in [1.29, 1.82) is 0 Å². The van der Waals surface area contributed by atoms with Crippen molar-refractivity contribution in [3.63, 3.8) is 0 Å². The summed E-state index contributed by atoms with van der Waals surface area (Å²) in [5, 5.41) is 5.19. The van der Waals surface area contributed by atoms with Crippen LogP contribution < -0.4 is 5.32 Å². The average molecular weight is 314 g/mol. The lowest BCUT2D eigenvalue weighted by Gasteiger charge is -2.31. The van der Waals surface area contributed by atoms with Gasteiger partial charge in [-0.15, -0.1) is 0 Å². The van der Waals surface area contributed by atoms with Crippen molar-refractivity contribution in [2.75, 3.05) is 0 Å². The van der Waals surface area contributed by atoms with Gasteiger partial charge < -0.3 is 5.32 Å². The Hall–Kier alpha value is -0.240. The van der Waals surface area contributed by atoms with Crippen molar-refractivity contribution in [1.82, 2.24) is 5.32 Å². The van der Waals surface area contributed by atoms with E-state index in [9.17, 15) is 0 Å². The molecule has 0 spiro atoms. The second kappa shape index (κ2) is 7.68. The second-order valence-electron chi connectivity index (χ2n) is 6.06. The first-order chi connectivity index (χ1) is 9.60. The summed E-state index contributed by atoms with van der Waals surface area (Å²) in [7, 11) is 0. The van der Waals surface area contributed by atoms with E-state index in [1.54, 1.807) is 0 Å². The third-order valence-corrected chi connectivity index (χ3v) is 5.02. The van der Waals surface area contributed by atoms with Crippen LogP contribution in [0.3, 0.4) is 0 Å². The molecule has 3 heteroatoms. The molecule has 0 heterocycles. The Morgan fingerprint density at radius 3 is 2.50 bits per heavy atom. The highest BCUT2D eigenvalue weighted by molar-refractivity contribution is 6.35. The Kier molecular flexibility index (Phi) is 6.20. The quantitative estimate of drug-likeness (QED) is 0.702. The summed E-state index contributed by atoms with van der Waals surface area (Å²) in [5.41, 5.74) is 1.15. The minimum Gasteiger partial charge on any atom is -0.307 e. The summed E-state index contributed by atoms with van der Waals surface area (Å²) in [5.74, 6) is 0.951. The lowest BCUT2D eigenvalue weighted by atomic mass is 9.83. The van der Waals surface area contributed by atoms with Crippen molar-refractivity contribution in [3.05, 3.63) is 33.8 Å². The summed E-state index contributed by atoms with van der Waals surface area (Å²) in [6.45, 7) is 4.47. The monoisotopic (exact) mass is 313 g/mol. The van der Waals surface area contributed by atoms with Gasteiger partial charge in [-0.05, 0) is 56.2 Å². The minimum absolute atomic E-state index is 0.285. The van der Waals surface area contributed by atoms with Crippen molar-refractivity contribution < 1.29 is 0 Å². The highest BCUT2D eigenvalue weighted by atomic mass is 35.5. The van der Waals surface area contributed by atoms with Crippen LogP contribution in [0, 0.1) is 5.92 Å². The van der Waals surface area contributed by atoms with E-state index in [0.29, 0.717) is 11.1 Å². The smallest absolute Gasteiger partial charge is 0.0468 e. The lowest BCUT2D eigenvalue weighted by Crippen LogP contribution is -2.35. The van der Waals surface area contributed by atoms with Gasteiger partial charge >= 0.3 is 0 Å². The second-order valence-corrected chi connectivity index (χ2v) is 6.90. The number of hydrogen-bond donors (Lipinski definition) is 1. The molecule has 1 aromatic rings. The molecule has 20 heavy (non-hydrogen) atoms. The first-order valence-electron chi connectivity index (χ1n) is 7.81. The third-order valence-electron chi connectivity index (χ3n) is 4.46. The van der Waals surface area contributed by atoms with E-state index in [1.165, 1.54) is 38.5 Å². The van der Waals surface area contributed by atoms with Gasteiger partial charge in [-0.25, -0.2) is 0 Å². The first-order valence-corrected chi connectivity index (χ1v) is 8.56. The molecule has 0 radical (unpaired) electrons. The zero-order chi connectivity index (χ0) is 14.5. The maximum Gasteiger partial charge on any atom is 0.0468 e. The van der Waals surface area contributed by atoms with E-state index in [1.807, 2.05) is 18.2 Å². The molecule has 0 aromatic heterocycles. The van der Waals surface area contributed by atoms with Gasteiger partial charge in [0.1, 0.15) is 0 Å². The van der Waals surface area contributed by atoms with Gasteiger partial charge in [0.25, 0.3) is 0 Å². The Morgan fingerprint density at radius 2 is 1.90 bits per heavy atom. The Bertz CT molecular complexity index is 425. The van der Waals surface area contributed by atoms with E-state index in [0.717, 1.165) is 16.5 Å². The van der Waals surface area contributed by atoms with Crippen LogP contribution in [0.25, 0.3) is 0 Å². The highest BCUT2D eigenvalue weighted by Crippen LogP contribution is 2.31. The fourth-order valence-electron chi connectivity index (χ4n) is 3.32. The van der Waals surface area contributed by atoms with Gasteiger partial charge in [-0.2, -0.15) is 0 Å². The summed E-state index contributed by atoms with van der Waals surface area (Å²) in [6.07, 6.45) is 8.03. The molecule has 0 aliphatic heterocycles. The topological polar surface area (TPSA) is 12.0 Å². The molecule has 112 valence electrons. The fourth-order valence-corrected chi connectivity index (χ4v) is 3.89. The normalized spacial score (nSPS) is 24.6. The number of hydrogen-bond acceptors (Lipinski definition) is 1. The first kappa shape index (κ1) is 16.1. The summed E-state index contributed by atoms with van der Waals surface area (Å²) >= 11 is 12.2. The number of benzene rings is 1. The Labute approximate surface area is 133 Å². The van der Waals surface area contributed by atoms with E-state index in [4.69, 9.17) is 23.2 Å². The highest BCUT2D eigenvalue weighted by Gasteiger charge is 2.22. The summed E-state index contributed by atoms with van der Waals surface area (Å²) in [6, 6.07) is 6.69. The van der Waals surface area contributed by atoms with Gasteiger partial charge in [0.15, 0.2) is 0 Å². The molecule has 1 aliphatic carbocycles. The van der Waals surface area contributed by atoms with Crippen LogP contribution in [0.1, 0.15) is 64.0 Å². The number of nitrogens with one attached hydrogen (secondary N) is 1. The summed E-state index contributed by atoms with van der Waals surface area (Å²) in [4.78, 5) is 0. The van der Waals surface area contributed by atoms with Gasteiger partial charge in [0.05, 0.1) is 0 Å². The minimum atomic E-state index is 0.285. The van der Waals surface area contributed by atoms with Crippen molar-refractivity contribution >= 4 is 23.2 Å². The molecular formula is C17H25Cl2N. The van der Waals surface area contributed by atoms with E-state index in [2.05, 4.69) is 19.2 Å². The molecule has 1 aromatic carbocycles. The van der Waals surface area contributed by atoms with Gasteiger partial charge in [0.2, 0.25) is 0 Å². The molecule has 1 saturated carbocycles. The van der Waals surface area contributed by atoms with Crippen LogP contribution in [0.2, 0.25) is 10.0 Å². The Balaban J connectivity index is 1.87. The maximum atomic E-state index is 6.28. The van der Waals surface area contributed by atoms with E-state index < -0.39 is 0 Å². The predicted molar refractivity (Wildman–Crippen MR) is 88.7 cm³/mol. The van der Waals surface area contributed by atoms with Crippen molar-refractivity contribution in [3.8, 4) is 0 Å². The van der Waals surface area contributed by atoms with Crippen LogP contribution in [0.4, 0.5) is 0 Å². The maximum absolute atomic E-state index is 6.28. The number of halogens is 2. The molecule has 1 nitrogen and oxygen atoms in total. The zero-order valence-corrected chi connectivity index (χ0v) is 14.0. The van der Waals surface area contributed by atoms with Crippen LogP contribution in [-0.2, 0) is 0 Å². The molecule has 1 atom stereocenters. The van der Waals surface area contributed by atoms with Crippen molar-refractivity contribution in [2.45, 2.75) is 64.5 Å². The van der Waals surface area contributed by atoms with Crippen LogP contribution >= 0.6 is 23.2 Å². The average Bonchev–Trinajstić information content (AvgIpc) is 2.41. The van der Waals surface area contributed by atoms with Crippen molar-refractivity contribution in [2.24, 2.45) is 5.92 Å². The van der Waals surface area contributed by atoms with Crippen LogP contribution in [0.15, 0.2) is 18.2 Å². The van der Waals surface area contributed by atoms with E-state index >= 15 is 0 Å². The third kappa shape index (κ3) is 4.38. The standard InChI is InChI=1S/C17H25Cl2N/c1-3-4-13-5-8-15(9-6-13)20-12(2)16-10-7-14(18)11-17(16)19/h7,10-13,15,20H,3-6,8-9H2,1-2H3. The molecule has 1 fully saturated rings. The van der Waals surface area contributed by atoms with Gasteiger partial charge in [-0.3, -0.25) is 0 Å². The zero-order valence-electron chi connectivity index (χ0n) is 12.5. The molecule has 0 amide bonds. The fraction of sp³-hybridized carbons (Fsp3) is 0.647. The number of rotatable bonds is 5. The summed E-state index contributed by atoms with van der Waals surface area (Å²) < 4.78 is 0. The van der Waals surface area contributed by atoms with Gasteiger partial charge in [-0.1, -0.05) is 49.0 Å². The Morgan fingerprint density at radius 1 is 1.20 bits per heavy atom. The van der Waals surface area contributed by atoms with Crippen LogP contribution in [0.5, 0.6) is 0 Å².